The van der Waals surface area contributed by atoms with Crippen LogP contribution < -0.4 is 11.3 Å². The molecule has 1 aromatic heterocycles. The molecule has 2 aliphatic heterocycles. The van der Waals surface area contributed by atoms with Gasteiger partial charge in [-0.2, -0.15) is 0 Å². The maximum absolute atomic E-state index is 12.4. The van der Waals surface area contributed by atoms with Gasteiger partial charge in [0.2, 0.25) is 5.91 Å². The van der Waals surface area contributed by atoms with E-state index < -0.39 is 12.0 Å². The predicted octanol–water partition coefficient (Wildman–Crippen LogP) is 1.46. The molecule has 2 fully saturated rings. The van der Waals surface area contributed by atoms with E-state index in [0.29, 0.717) is 18.4 Å². The molecule has 3 aliphatic rings. The molecule has 138 valence electrons. The molecular formula is C20H26N4O2. The highest BCUT2D eigenvalue weighted by molar-refractivity contribution is 5.85. The van der Waals surface area contributed by atoms with Crippen molar-refractivity contribution in [1.29, 1.82) is 0 Å². The molecule has 1 saturated carbocycles. The lowest BCUT2D eigenvalue weighted by atomic mass is 9.64. The number of aromatic nitrogens is 1. The van der Waals surface area contributed by atoms with Gasteiger partial charge < -0.3 is 10.1 Å². The summed E-state index contributed by atoms with van der Waals surface area (Å²) < 4.78 is 0. The topological polar surface area (TPSA) is 94.4 Å². The van der Waals surface area contributed by atoms with Crippen molar-refractivity contribution in [2.45, 2.75) is 37.8 Å². The molecule has 0 radical (unpaired) electrons. The van der Waals surface area contributed by atoms with Gasteiger partial charge in [0.1, 0.15) is 0 Å². The van der Waals surface area contributed by atoms with Crippen LogP contribution in [-0.4, -0.2) is 40.1 Å². The van der Waals surface area contributed by atoms with Crippen LogP contribution in [0.25, 0.3) is 10.9 Å². The predicted molar refractivity (Wildman–Crippen MR) is 99.0 cm³/mol. The first-order valence-corrected chi connectivity index (χ1v) is 9.69. The zero-order valence-electron chi connectivity index (χ0n) is 14.8. The average Bonchev–Trinajstić information content (AvgIpc) is 3.05. The molecule has 6 heteroatoms. The number of carbonyl (C=O) groups excluding carboxylic acids is 1. The van der Waals surface area contributed by atoms with Crippen LogP contribution in [-0.2, 0) is 11.2 Å². The molecule has 0 unspecified atom stereocenters. The number of benzene rings is 1. The van der Waals surface area contributed by atoms with Gasteiger partial charge in [0, 0.05) is 29.7 Å². The Labute approximate surface area is 152 Å². The van der Waals surface area contributed by atoms with E-state index in [9.17, 15) is 9.90 Å². The largest absolute Gasteiger partial charge is 0.392 e. The molecule has 2 aromatic rings. The fourth-order valence-electron chi connectivity index (χ4n) is 5.80. The fraction of sp³-hybridized carbons (Fsp3) is 0.550. The van der Waals surface area contributed by atoms with E-state index in [1.165, 1.54) is 22.2 Å². The van der Waals surface area contributed by atoms with E-state index >= 15 is 0 Å². The summed E-state index contributed by atoms with van der Waals surface area (Å²) in [6.45, 7) is 2.07. The maximum atomic E-state index is 12.4. The summed E-state index contributed by atoms with van der Waals surface area (Å²) >= 11 is 0. The van der Waals surface area contributed by atoms with Crippen molar-refractivity contribution >= 4 is 16.8 Å². The summed E-state index contributed by atoms with van der Waals surface area (Å²) in [5.74, 6) is 5.45. The van der Waals surface area contributed by atoms with Crippen molar-refractivity contribution in [2.24, 2.45) is 23.6 Å². The quantitative estimate of drug-likeness (QED) is 0.354. The van der Waals surface area contributed by atoms with Crippen molar-refractivity contribution < 1.29 is 9.90 Å². The third kappa shape index (κ3) is 2.32. The number of nitrogens with zero attached hydrogens (tertiary/aromatic N) is 1. The number of para-hydroxylation sites is 1. The molecule has 3 heterocycles. The fourth-order valence-corrected chi connectivity index (χ4v) is 5.80. The van der Waals surface area contributed by atoms with Crippen LogP contribution in [0.2, 0.25) is 0 Å². The Morgan fingerprint density at radius 3 is 3.00 bits per heavy atom. The standard InChI is InChI=1S/C20H26N4O2/c21-23-20(26)18-14-9-16-19-13(12-3-1-2-4-15(12)22-19)7-8-24(16)10-11(14)5-6-17(18)25/h1-4,11,14,16-18,22,25H,5-10,21H2,(H,23,26)/t11-,14-,16-,17-,18+/m1/s1. The highest BCUT2D eigenvalue weighted by Crippen LogP contribution is 2.49. The van der Waals surface area contributed by atoms with Crippen molar-refractivity contribution in [3.63, 3.8) is 0 Å². The van der Waals surface area contributed by atoms with Crippen LogP contribution in [0.15, 0.2) is 24.3 Å². The highest BCUT2D eigenvalue weighted by atomic mass is 16.3. The van der Waals surface area contributed by atoms with Gasteiger partial charge >= 0.3 is 0 Å². The summed E-state index contributed by atoms with van der Waals surface area (Å²) in [6.07, 6.45) is 3.07. The number of nitrogens with one attached hydrogen (secondary N) is 2. The number of aliphatic hydroxyl groups is 1. The number of nitrogens with two attached hydrogens (primary N) is 1. The van der Waals surface area contributed by atoms with Crippen molar-refractivity contribution in [3.05, 3.63) is 35.5 Å². The van der Waals surface area contributed by atoms with Crippen LogP contribution in [0.4, 0.5) is 0 Å². The van der Waals surface area contributed by atoms with Gasteiger partial charge in [-0.05, 0) is 49.1 Å². The second-order valence-corrected chi connectivity index (χ2v) is 8.16. The van der Waals surface area contributed by atoms with Crippen LogP contribution in [0.3, 0.4) is 0 Å². The normalized spacial score (nSPS) is 34.0. The maximum Gasteiger partial charge on any atom is 0.239 e. The second kappa shape index (κ2) is 6.08. The monoisotopic (exact) mass is 354 g/mol. The lowest BCUT2D eigenvalue weighted by Gasteiger charge is -2.51. The molecular weight excluding hydrogens is 328 g/mol. The molecule has 6 nitrogen and oxygen atoms in total. The zero-order chi connectivity index (χ0) is 17.8. The molecule has 5 rings (SSSR count). The minimum absolute atomic E-state index is 0.181. The Morgan fingerprint density at radius 2 is 2.15 bits per heavy atom. The molecule has 26 heavy (non-hydrogen) atoms. The van der Waals surface area contributed by atoms with Crippen LogP contribution in [0, 0.1) is 17.8 Å². The molecule has 1 saturated heterocycles. The number of hydrazine groups is 1. The summed E-state index contributed by atoms with van der Waals surface area (Å²) in [4.78, 5) is 18.6. The molecule has 5 atom stereocenters. The summed E-state index contributed by atoms with van der Waals surface area (Å²) in [7, 11) is 0. The van der Waals surface area contributed by atoms with Crippen LogP contribution >= 0.6 is 0 Å². The summed E-state index contributed by atoms with van der Waals surface area (Å²) in [6, 6.07) is 8.79. The third-order valence-electron chi connectivity index (χ3n) is 6.99. The van der Waals surface area contributed by atoms with E-state index in [2.05, 4.69) is 39.6 Å². The van der Waals surface area contributed by atoms with Gasteiger partial charge in [-0.25, -0.2) is 5.84 Å². The third-order valence-corrected chi connectivity index (χ3v) is 6.99. The lowest BCUT2D eigenvalue weighted by Crippen LogP contribution is -2.55. The van der Waals surface area contributed by atoms with Gasteiger partial charge in [0.25, 0.3) is 0 Å². The molecule has 0 spiro atoms. The molecule has 5 N–H and O–H groups in total. The first-order valence-electron chi connectivity index (χ1n) is 9.69. The van der Waals surface area contributed by atoms with E-state index in [0.717, 1.165) is 32.4 Å². The highest BCUT2D eigenvalue weighted by Gasteiger charge is 2.48. The SMILES string of the molecule is NNC(=O)[C@H]1[C@@H]2C[C@@H]3c4[nH]c5ccccc5c4CCN3C[C@H]2CC[C@H]1O. The second-order valence-electron chi connectivity index (χ2n) is 8.16. The Bertz CT molecular complexity index is 847. The lowest BCUT2D eigenvalue weighted by molar-refractivity contribution is -0.139. The average molecular weight is 354 g/mol. The number of piperidine rings is 1. The molecule has 0 bridgehead atoms. The molecule has 1 amide bonds. The van der Waals surface area contributed by atoms with E-state index in [1.54, 1.807) is 0 Å². The number of aliphatic hydroxyl groups excluding tert-OH is 1. The summed E-state index contributed by atoms with van der Waals surface area (Å²) in [5.41, 5.74) is 6.22. The number of hydrogen-bond donors (Lipinski definition) is 4. The van der Waals surface area contributed by atoms with E-state index in [-0.39, 0.29) is 11.8 Å². The van der Waals surface area contributed by atoms with Gasteiger partial charge in [0.05, 0.1) is 18.1 Å². The van der Waals surface area contributed by atoms with Gasteiger partial charge in [-0.15, -0.1) is 0 Å². The minimum Gasteiger partial charge on any atom is -0.392 e. The minimum atomic E-state index is -0.586. The number of fused-ring (bicyclic) bond motifs is 6. The number of aromatic amines is 1. The molecule has 1 aromatic carbocycles. The number of hydrogen-bond acceptors (Lipinski definition) is 4. The first kappa shape index (κ1) is 16.3. The number of carbonyl (C=O) groups is 1. The Kier molecular flexibility index (Phi) is 3.81. The first-order chi connectivity index (χ1) is 12.7. The number of rotatable bonds is 1. The van der Waals surface area contributed by atoms with Crippen molar-refractivity contribution in [3.8, 4) is 0 Å². The van der Waals surface area contributed by atoms with E-state index in [4.69, 9.17) is 5.84 Å². The summed E-state index contributed by atoms with van der Waals surface area (Å²) in [5, 5.41) is 11.8. The Hall–Kier alpha value is -1.89. The van der Waals surface area contributed by atoms with E-state index in [1.807, 2.05) is 0 Å². The number of H-pyrrole nitrogens is 1. The Morgan fingerprint density at radius 1 is 1.31 bits per heavy atom. The number of amides is 1. The van der Waals surface area contributed by atoms with Crippen LogP contribution in [0.5, 0.6) is 0 Å². The smallest absolute Gasteiger partial charge is 0.239 e. The van der Waals surface area contributed by atoms with Gasteiger partial charge in [-0.1, -0.05) is 18.2 Å². The van der Waals surface area contributed by atoms with Gasteiger partial charge in [-0.3, -0.25) is 15.1 Å². The van der Waals surface area contributed by atoms with Crippen LogP contribution in [0.1, 0.15) is 36.6 Å². The Balaban J connectivity index is 1.52. The van der Waals surface area contributed by atoms with Gasteiger partial charge in [0.15, 0.2) is 0 Å². The molecule has 1 aliphatic carbocycles. The van der Waals surface area contributed by atoms with Crippen molar-refractivity contribution in [1.82, 2.24) is 15.3 Å². The van der Waals surface area contributed by atoms with Crippen molar-refractivity contribution in [2.75, 3.05) is 13.1 Å². The zero-order valence-corrected chi connectivity index (χ0v) is 14.8.